The number of thioether (sulfide) groups is 1. The maximum Gasteiger partial charge on any atom is 0.217 e. The first-order chi connectivity index (χ1) is 14.7. The summed E-state index contributed by atoms with van der Waals surface area (Å²) >= 11 is 1.81. The van der Waals surface area contributed by atoms with E-state index in [1.54, 1.807) is 18.2 Å². The Morgan fingerprint density at radius 3 is 2.77 bits per heavy atom. The maximum atomic E-state index is 10.1. The van der Waals surface area contributed by atoms with Crippen molar-refractivity contribution in [3.63, 3.8) is 0 Å². The van der Waals surface area contributed by atoms with Gasteiger partial charge < -0.3 is 14.8 Å². The van der Waals surface area contributed by atoms with Gasteiger partial charge in [0.25, 0.3) is 0 Å². The standard InChI is InChI=1S/C25H17N2O2S.Pt/c28-21-10-4-6-15-11-12-22(27-23(15)21)29-18-8-3-7-17(13-18)25-26-20-14-16-5-1-2-9-19(16)24(20)30-25;/h1-12,20,24,28H,14H2;/q-1;/t20-,24+;/m0./s1. The second-order valence-electron chi connectivity index (χ2n) is 7.47. The molecule has 0 bridgehead atoms. The fraction of sp³-hybridized carbons (Fsp3) is 0.120. The second-order valence-corrected chi connectivity index (χ2v) is 8.60. The third-order valence-electron chi connectivity index (χ3n) is 5.55. The van der Waals surface area contributed by atoms with E-state index < -0.39 is 0 Å². The van der Waals surface area contributed by atoms with Gasteiger partial charge in [0.1, 0.15) is 11.3 Å². The Hall–Kier alpha value is -2.62. The van der Waals surface area contributed by atoms with E-state index >= 15 is 0 Å². The summed E-state index contributed by atoms with van der Waals surface area (Å²) in [6, 6.07) is 27.1. The number of rotatable bonds is 3. The number of pyridine rings is 1. The number of nitrogens with zero attached hydrogens (tertiary/aromatic N) is 2. The van der Waals surface area contributed by atoms with Crippen LogP contribution in [0.15, 0.2) is 77.8 Å². The van der Waals surface area contributed by atoms with Crippen molar-refractivity contribution in [2.45, 2.75) is 17.7 Å². The number of hydrogen-bond acceptors (Lipinski definition) is 5. The van der Waals surface area contributed by atoms with Crippen LogP contribution < -0.4 is 4.74 Å². The Balaban J connectivity index is 0.00000204. The molecule has 6 rings (SSSR count). The number of benzene rings is 3. The normalized spacial score (nSPS) is 18.8. The van der Waals surface area contributed by atoms with Gasteiger partial charge in [0, 0.05) is 48.6 Å². The molecular weight excluding hydrogens is 587 g/mol. The summed E-state index contributed by atoms with van der Waals surface area (Å²) in [5, 5.41) is 12.3. The number of fused-ring (bicyclic) bond motifs is 4. The fourth-order valence-corrected chi connectivity index (χ4v) is 5.50. The average molecular weight is 605 g/mol. The van der Waals surface area contributed by atoms with Crippen LogP contribution in [-0.2, 0) is 27.5 Å². The minimum Gasteiger partial charge on any atom is -0.506 e. The summed E-state index contributed by atoms with van der Waals surface area (Å²) < 4.78 is 5.95. The zero-order valence-electron chi connectivity index (χ0n) is 16.3. The van der Waals surface area contributed by atoms with Crippen molar-refractivity contribution < 1.29 is 30.9 Å². The van der Waals surface area contributed by atoms with Gasteiger partial charge >= 0.3 is 0 Å². The molecule has 0 saturated heterocycles. The van der Waals surface area contributed by atoms with Crippen LogP contribution in [0.5, 0.6) is 17.4 Å². The Morgan fingerprint density at radius 1 is 0.968 bits per heavy atom. The van der Waals surface area contributed by atoms with E-state index in [0.717, 1.165) is 22.4 Å². The van der Waals surface area contributed by atoms with Crippen molar-refractivity contribution in [1.82, 2.24) is 4.98 Å². The number of aromatic hydroxyl groups is 1. The predicted molar refractivity (Wildman–Crippen MR) is 120 cm³/mol. The summed E-state index contributed by atoms with van der Waals surface area (Å²) in [6.45, 7) is 0. The molecule has 0 radical (unpaired) electrons. The van der Waals surface area contributed by atoms with E-state index in [1.807, 2.05) is 42.1 Å². The first kappa shape index (κ1) is 20.3. The van der Waals surface area contributed by atoms with Crippen LogP contribution in [0.25, 0.3) is 10.9 Å². The van der Waals surface area contributed by atoms with Gasteiger partial charge in [-0.05, 0) is 29.7 Å². The van der Waals surface area contributed by atoms with Crippen molar-refractivity contribution >= 4 is 27.7 Å². The van der Waals surface area contributed by atoms with Crippen molar-refractivity contribution in [2.75, 3.05) is 0 Å². The third kappa shape index (κ3) is 3.66. The minimum absolute atomic E-state index is 0. The molecule has 31 heavy (non-hydrogen) atoms. The molecule has 6 heteroatoms. The summed E-state index contributed by atoms with van der Waals surface area (Å²) in [5.74, 6) is 1.14. The van der Waals surface area contributed by atoms with Crippen LogP contribution in [0, 0.1) is 6.07 Å². The molecule has 1 aromatic heterocycles. The molecule has 2 heterocycles. The number of phenolic OH excluding ortho intramolecular Hbond substituents is 1. The number of phenols is 1. The van der Waals surface area contributed by atoms with E-state index in [2.05, 4.69) is 35.3 Å². The molecule has 3 aromatic carbocycles. The molecule has 156 valence electrons. The molecule has 0 saturated carbocycles. The Bertz CT molecular complexity index is 1320. The molecule has 1 N–H and O–H groups in total. The first-order valence-electron chi connectivity index (χ1n) is 9.86. The van der Waals surface area contributed by atoms with Gasteiger partial charge in [-0.25, -0.2) is 4.98 Å². The molecule has 0 unspecified atom stereocenters. The van der Waals surface area contributed by atoms with Crippen LogP contribution in [0.2, 0.25) is 0 Å². The smallest absolute Gasteiger partial charge is 0.217 e. The molecule has 4 nitrogen and oxygen atoms in total. The van der Waals surface area contributed by atoms with E-state index in [1.165, 1.54) is 11.1 Å². The van der Waals surface area contributed by atoms with Gasteiger partial charge in [-0.2, -0.15) is 0 Å². The van der Waals surface area contributed by atoms with Crippen molar-refractivity contribution in [3.05, 3.63) is 95.6 Å². The molecule has 2 atom stereocenters. The molecule has 2 aliphatic rings. The zero-order valence-corrected chi connectivity index (χ0v) is 19.4. The van der Waals surface area contributed by atoms with Crippen LogP contribution >= 0.6 is 11.8 Å². The van der Waals surface area contributed by atoms with Gasteiger partial charge in [0.2, 0.25) is 5.88 Å². The molecule has 4 aromatic rings. The zero-order chi connectivity index (χ0) is 20.1. The largest absolute Gasteiger partial charge is 0.506 e. The van der Waals surface area contributed by atoms with Gasteiger partial charge in [0.15, 0.2) is 0 Å². The Kier molecular flexibility index (Phi) is 5.33. The van der Waals surface area contributed by atoms with Crippen molar-refractivity contribution in [3.8, 4) is 17.4 Å². The van der Waals surface area contributed by atoms with E-state index in [0.29, 0.717) is 28.4 Å². The number of aliphatic imine (C=N–C) groups is 1. The predicted octanol–water partition coefficient (Wildman–Crippen LogP) is 5.69. The van der Waals surface area contributed by atoms with Gasteiger partial charge in [-0.1, -0.05) is 42.5 Å². The van der Waals surface area contributed by atoms with E-state index in [9.17, 15) is 5.11 Å². The van der Waals surface area contributed by atoms with Crippen LogP contribution in [0.1, 0.15) is 21.9 Å². The van der Waals surface area contributed by atoms with E-state index in [-0.39, 0.29) is 26.8 Å². The molecular formula is C25H17N2O2PtS-. The second kappa shape index (κ2) is 8.14. The summed E-state index contributed by atoms with van der Waals surface area (Å²) in [6.07, 6.45) is 0.998. The van der Waals surface area contributed by atoms with E-state index in [4.69, 9.17) is 9.73 Å². The summed E-state index contributed by atoms with van der Waals surface area (Å²) in [5.41, 5.74) is 4.27. The Morgan fingerprint density at radius 2 is 1.84 bits per heavy atom. The third-order valence-corrected chi connectivity index (χ3v) is 6.92. The fourth-order valence-electron chi connectivity index (χ4n) is 4.14. The van der Waals surface area contributed by atoms with Gasteiger partial charge in [-0.3, -0.25) is 0 Å². The Labute approximate surface area is 198 Å². The van der Waals surface area contributed by atoms with Crippen LogP contribution in [-0.4, -0.2) is 21.2 Å². The van der Waals surface area contributed by atoms with Crippen molar-refractivity contribution in [2.24, 2.45) is 4.99 Å². The number of hydrogen-bond donors (Lipinski definition) is 1. The molecule has 0 amide bonds. The SMILES string of the molecule is Oc1cccc2ccc(Oc3[c-]c(C4=N[C@H]5Cc6ccccc6[C@H]5S4)ccc3)nc12.[Pt]. The molecule has 0 fully saturated rings. The average Bonchev–Trinajstić information content (AvgIpc) is 3.33. The quantitative estimate of drug-likeness (QED) is 0.306. The monoisotopic (exact) mass is 604 g/mol. The minimum atomic E-state index is 0. The van der Waals surface area contributed by atoms with Crippen LogP contribution in [0.4, 0.5) is 0 Å². The molecule has 1 aliphatic heterocycles. The topological polar surface area (TPSA) is 54.7 Å². The number of aromatic nitrogens is 1. The number of para-hydroxylation sites is 1. The van der Waals surface area contributed by atoms with Gasteiger partial charge in [0.05, 0.1) is 6.04 Å². The van der Waals surface area contributed by atoms with Gasteiger partial charge in [-0.15, -0.1) is 35.5 Å². The first-order valence-corrected chi connectivity index (χ1v) is 10.7. The number of ether oxygens (including phenoxy) is 1. The van der Waals surface area contributed by atoms with Crippen molar-refractivity contribution in [1.29, 1.82) is 0 Å². The molecule has 1 aliphatic carbocycles. The summed E-state index contributed by atoms with van der Waals surface area (Å²) in [4.78, 5) is 9.42. The maximum absolute atomic E-state index is 10.1. The molecule has 0 spiro atoms. The van der Waals surface area contributed by atoms with Crippen LogP contribution in [0.3, 0.4) is 0 Å². The summed E-state index contributed by atoms with van der Waals surface area (Å²) in [7, 11) is 0.